The standard InChI is InChI=1S/C15H13ClN2O3/c1-15(14(16)19,9-11-5-4-8-17-10-11)12-6-2-3-7-13(12)18(20)21/h2-8,10H,9H2,1H3. The maximum atomic E-state index is 12.0. The highest BCUT2D eigenvalue weighted by Gasteiger charge is 2.39. The number of halogens is 1. The van der Waals surface area contributed by atoms with Crippen molar-refractivity contribution in [3.8, 4) is 0 Å². The van der Waals surface area contributed by atoms with Crippen LogP contribution in [0.3, 0.4) is 0 Å². The van der Waals surface area contributed by atoms with Crippen molar-refractivity contribution in [3.63, 3.8) is 0 Å². The quantitative estimate of drug-likeness (QED) is 0.483. The van der Waals surface area contributed by atoms with Gasteiger partial charge in [0.25, 0.3) is 5.69 Å². The van der Waals surface area contributed by atoms with Gasteiger partial charge in [-0.25, -0.2) is 0 Å². The van der Waals surface area contributed by atoms with Gasteiger partial charge >= 0.3 is 0 Å². The van der Waals surface area contributed by atoms with Crippen molar-refractivity contribution in [3.05, 3.63) is 70.0 Å². The van der Waals surface area contributed by atoms with E-state index in [4.69, 9.17) is 11.6 Å². The van der Waals surface area contributed by atoms with Crippen LogP contribution in [0.1, 0.15) is 18.1 Å². The third kappa shape index (κ3) is 3.08. The third-order valence-electron chi connectivity index (χ3n) is 3.41. The van der Waals surface area contributed by atoms with Crippen LogP contribution in [0.2, 0.25) is 0 Å². The molecule has 1 aromatic carbocycles. The molecule has 0 spiro atoms. The second-order valence-electron chi connectivity index (χ2n) is 4.92. The number of nitro benzene ring substituents is 1. The molecule has 1 aromatic heterocycles. The van der Waals surface area contributed by atoms with Crippen LogP contribution >= 0.6 is 11.6 Å². The van der Waals surface area contributed by atoms with Gasteiger partial charge in [0.05, 0.1) is 10.3 Å². The average molecular weight is 305 g/mol. The summed E-state index contributed by atoms with van der Waals surface area (Å²) in [5, 5.41) is 10.5. The number of para-hydroxylation sites is 1. The van der Waals surface area contributed by atoms with Crippen molar-refractivity contribution in [1.82, 2.24) is 4.98 Å². The fourth-order valence-corrected chi connectivity index (χ4v) is 2.45. The summed E-state index contributed by atoms with van der Waals surface area (Å²) in [4.78, 5) is 26.6. The van der Waals surface area contributed by atoms with E-state index in [9.17, 15) is 14.9 Å². The Kier molecular flexibility index (Phi) is 4.33. The van der Waals surface area contributed by atoms with E-state index in [1.807, 2.05) is 0 Å². The molecule has 0 aliphatic carbocycles. The first-order valence-corrected chi connectivity index (χ1v) is 6.65. The molecule has 1 heterocycles. The number of nitrogens with zero attached hydrogens (tertiary/aromatic N) is 2. The number of benzene rings is 1. The number of carbonyl (C=O) groups excluding carboxylic acids is 1. The highest BCUT2D eigenvalue weighted by Crippen LogP contribution is 2.36. The molecular weight excluding hydrogens is 292 g/mol. The molecule has 5 nitrogen and oxygen atoms in total. The van der Waals surface area contributed by atoms with Crippen molar-refractivity contribution >= 4 is 22.5 Å². The van der Waals surface area contributed by atoms with E-state index in [1.165, 1.54) is 6.07 Å². The molecule has 2 aromatic rings. The van der Waals surface area contributed by atoms with Gasteiger partial charge in [0, 0.05) is 24.0 Å². The van der Waals surface area contributed by atoms with Gasteiger partial charge in [-0.15, -0.1) is 0 Å². The van der Waals surface area contributed by atoms with Crippen molar-refractivity contribution in [2.24, 2.45) is 0 Å². The Balaban J connectivity index is 2.53. The van der Waals surface area contributed by atoms with Crippen LogP contribution in [0.25, 0.3) is 0 Å². The lowest BCUT2D eigenvalue weighted by molar-refractivity contribution is -0.385. The van der Waals surface area contributed by atoms with Gasteiger partial charge in [-0.2, -0.15) is 0 Å². The van der Waals surface area contributed by atoms with Crippen LogP contribution in [0.5, 0.6) is 0 Å². The summed E-state index contributed by atoms with van der Waals surface area (Å²) >= 11 is 5.76. The Morgan fingerprint density at radius 2 is 2.05 bits per heavy atom. The predicted octanol–water partition coefficient (Wildman–Crippen LogP) is 3.26. The molecule has 0 aliphatic rings. The van der Waals surface area contributed by atoms with E-state index in [0.717, 1.165) is 5.56 Å². The summed E-state index contributed by atoms with van der Waals surface area (Å²) in [6.45, 7) is 1.61. The molecule has 0 amide bonds. The van der Waals surface area contributed by atoms with Crippen LogP contribution in [-0.2, 0) is 16.6 Å². The largest absolute Gasteiger partial charge is 0.280 e. The third-order valence-corrected chi connectivity index (χ3v) is 3.83. The normalized spacial score (nSPS) is 13.4. The van der Waals surface area contributed by atoms with Crippen molar-refractivity contribution in [1.29, 1.82) is 0 Å². The summed E-state index contributed by atoms with van der Waals surface area (Å²) in [5.74, 6) is 0. The number of rotatable bonds is 5. The molecule has 0 N–H and O–H groups in total. The summed E-state index contributed by atoms with van der Waals surface area (Å²) in [6.07, 6.45) is 3.48. The number of hydrogen-bond donors (Lipinski definition) is 0. The minimum Gasteiger partial charge on any atom is -0.280 e. The zero-order chi connectivity index (χ0) is 15.5. The molecule has 108 valence electrons. The van der Waals surface area contributed by atoms with E-state index in [2.05, 4.69) is 4.98 Å². The zero-order valence-corrected chi connectivity index (χ0v) is 12.1. The molecule has 6 heteroatoms. The van der Waals surface area contributed by atoms with Crippen LogP contribution < -0.4 is 0 Å². The molecule has 0 fully saturated rings. The monoisotopic (exact) mass is 304 g/mol. The maximum Gasteiger partial charge on any atom is 0.273 e. The van der Waals surface area contributed by atoms with Gasteiger partial charge in [0.1, 0.15) is 0 Å². The Labute approximate surface area is 126 Å². The lowest BCUT2D eigenvalue weighted by atomic mass is 9.78. The Morgan fingerprint density at radius 3 is 2.62 bits per heavy atom. The molecule has 1 atom stereocenters. The zero-order valence-electron chi connectivity index (χ0n) is 11.3. The molecule has 0 saturated carbocycles. The number of nitro groups is 1. The molecule has 1 unspecified atom stereocenters. The number of carbonyl (C=O) groups is 1. The summed E-state index contributed by atoms with van der Waals surface area (Å²) < 4.78 is 0. The van der Waals surface area contributed by atoms with E-state index in [-0.39, 0.29) is 12.1 Å². The highest BCUT2D eigenvalue weighted by molar-refractivity contribution is 6.65. The van der Waals surface area contributed by atoms with Gasteiger partial charge in [0.2, 0.25) is 5.24 Å². The average Bonchev–Trinajstić information content (AvgIpc) is 2.48. The molecule has 0 aliphatic heterocycles. The summed E-state index contributed by atoms with van der Waals surface area (Å²) in [7, 11) is 0. The van der Waals surface area contributed by atoms with Gasteiger partial charge < -0.3 is 0 Å². The van der Waals surface area contributed by atoms with Crippen molar-refractivity contribution in [2.45, 2.75) is 18.8 Å². The summed E-state index contributed by atoms with van der Waals surface area (Å²) in [5.41, 5.74) is -0.210. The van der Waals surface area contributed by atoms with Gasteiger partial charge in [-0.1, -0.05) is 24.3 Å². The maximum absolute atomic E-state index is 12.0. The molecule has 21 heavy (non-hydrogen) atoms. The fraction of sp³-hybridized carbons (Fsp3) is 0.200. The SMILES string of the molecule is CC(Cc1cccnc1)(C(=O)Cl)c1ccccc1[N+](=O)[O-]. The Morgan fingerprint density at radius 1 is 1.33 bits per heavy atom. The lowest BCUT2D eigenvalue weighted by Crippen LogP contribution is -2.32. The second-order valence-corrected chi connectivity index (χ2v) is 5.26. The smallest absolute Gasteiger partial charge is 0.273 e. The van der Waals surface area contributed by atoms with Gasteiger partial charge in [0.15, 0.2) is 0 Å². The minimum absolute atomic E-state index is 0.113. The van der Waals surface area contributed by atoms with Gasteiger partial charge in [-0.05, 0) is 36.6 Å². The number of hydrogen-bond acceptors (Lipinski definition) is 4. The van der Waals surface area contributed by atoms with Crippen molar-refractivity contribution < 1.29 is 9.72 Å². The second kappa shape index (κ2) is 6.01. The molecule has 0 saturated heterocycles. The van der Waals surface area contributed by atoms with Crippen molar-refractivity contribution in [2.75, 3.05) is 0 Å². The van der Waals surface area contributed by atoms with Gasteiger partial charge in [-0.3, -0.25) is 19.9 Å². The first-order chi connectivity index (χ1) is 9.95. The van der Waals surface area contributed by atoms with E-state index >= 15 is 0 Å². The number of pyridine rings is 1. The first kappa shape index (κ1) is 15.1. The topological polar surface area (TPSA) is 73.1 Å². The minimum atomic E-state index is -1.19. The fourth-order valence-electron chi connectivity index (χ4n) is 2.28. The van der Waals surface area contributed by atoms with Crippen LogP contribution in [0.4, 0.5) is 5.69 Å². The molecular formula is C15H13ClN2O3. The summed E-state index contributed by atoms with van der Waals surface area (Å²) in [6, 6.07) is 9.70. The van der Waals surface area contributed by atoms with Crippen LogP contribution in [0, 0.1) is 10.1 Å². The Hall–Kier alpha value is -2.27. The van der Waals surface area contributed by atoms with Crippen LogP contribution in [-0.4, -0.2) is 15.1 Å². The van der Waals surface area contributed by atoms with E-state index in [1.54, 1.807) is 49.6 Å². The first-order valence-electron chi connectivity index (χ1n) is 6.28. The van der Waals surface area contributed by atoms with E-state index in [0.29, 0.717) is 5.56 Å². The predicted molar refractivity (Wildman–Crippen MR) is 79.2 cm³/mol. The lowest BCUT2D eigenvalue weighted by Gasteiger charge is -2.25. The Bertz CT molecular complexity index is 676. The molecule has 0 bridgehead atoms. The number of aromatic nitrogens is 1. The molecule has 0 radical (unpaired) electrons. The van der Waals surface area contributed by atoms with Crippen LogP contribution in [0.15, 0.2) is 48.8 Å². The molecule has 2 rings (SSSR count). The highest BCUT2D eigenvalue weighted by atomic mass is 35.5. The van der Waals surface area contributed by atoms with E-state index < -0.39 is 15.6 Å².